The molecule has 1 atom stereocenters. The van der Waals surface area contributed by atoms with Gasteiger partial charge in [-0.15, -0.1) is 0 Å². The van der Waals surface area contributed by atoms with Crippen LogP contribution in [0.15, 0.2) is 67.0 Å². The van der Waals surface area contributed by atoms with E-state index in [1.165, 1.54) is 12.1 Å². The number of ether oxygens (including phenoxy) is 1. The third-order valence-electron chi connectivity index (χ3n) is 5.06. The first-order chi connectivity index (χ1) is 14.2. The molecule has 0 aliphatic carbocycles. The molecule has 148 valence electrons. The first-order valence-corrected chi connectivity index (χ1v) is 9.75. The Morgan fingerprint density at radius 2 is 1.97 bits per heavy atom. The van der Waals surface area contributed by atoms with Gasteiger partial charge in [-0.1, -0.05) is 30.3 Å². The van der Waals surface area contributed by atoms with Crippen LogP contribution < -0.4 is 4.74 Å². The lowest BCUT2D eigenvalue weighted by atomic mass is 9.97. The minimum atomic E-state index is -0.391. The number of pyridine rings is 2. The first kappa shape index (κ1) is 19.1. The molecule has 1 aromatic carbocycles. The first-order valence-electron chi connectivity index (χ1n) is 9.75. The molecular formula is C23H22FN3O2. The van der Waals surface area contributed by atoms with Crippen molar-refractivity contribution in [2.24, 2.45) is 5.92 Å². The Morgan fingerprint density at radius 3 is 2.76 bits per heavy atom. The van der Waals surface area contributed by atoms with Crippen molar-refractivity contribution in [3.63, 3.8) is 0 Å². The topological polar surface area (TPSA) is 55.3 Å². The summed E-state index contributed by atoms with van der Waals surface area (Å²) in [5.41, 5.74) is 2.24. The van der Waals surface area contributed by atoms with E-state index >= 15 is 0 Å². The van der Waals surface area contributed by atoms with Gasteiger partial charge in [0.2, 0.25) is 5.88 Å². The van der Waals surface area contributed by atoms with E-state index in [1.54, 1.807) is 12.3 Å². The van der Waals surface area contributed by atoms with Crippen LogP contribution in [0.5, 0.6) is 5.88 Å². The van der Waals surface area contributed by atoms with E-state index in [9.17, 15) is 9.18 Å². The Balaban J connectivity index is 1.45. The van der Waals surface area contributed by atoms with Crippen LogP contribution in [0.2, 0.25) is 0 Å². The molecule has 0 radical (unpaired) electrons. The van der Waals surface area contributed by atoms with E-state index < -0.39 is 5.82 Å². The normalized spacial score (nSPS) is 16.4. The fraction of sp³-hybridized carbons (Fsp3) is 0.261. The highest BCUT2D eigenvalue weighted by atomic mass is 19.1. The number of halogens is 1. The lowest BCUT2D eigenvalue weighted by Gasteiger charge is -2.33. The van der Waals surface area contributed by atoms with E-state index in [0.29, 0.717) is 36.8 Å². The molecule has 1 aliphatic heterocycles. The molecule has 0 bridgehead atoms. The molecule has 6 heteroatoms. The van der Waals surface area contributed by atoms with Gasteiger partial charge in [0.1, 0.15) is 5.82 Å². The van der Waals surface area contributed by atoms with Gasteiger partial charge < -0.3 is 9.64 Å². The Bertz CT molecular complexity index is 963. The zero-order valence-corrected chi connectivity index (χ0v) is 16.0. The molecular weight excluding hydrogens is 369 g/mol. The second-order valence-corrected chi connectivity index (χ2v) is 7.15. The lowest BCUT2D eigenvalue weighted by Crippen LogP contribution is -2.41. The van der Waals surface area contributed by atoms with Crippen LogP contribution >= 0.6 is 0 Å². The van der Waals surface area contributed by atoms with Crippen LogP contribution in [0.4, 0.5) is 4.39 Å². The summed E-state index contributed by atoms with van der Waals surface area (Å²) in [5.74, 6) is 0.198. The van der Waals surface area contributed by atoms with Crippen molar-refractivity contribution in [3.05, 3.63) is 78.4 Å². The summed E-state index contributed by atoms with van der Waals surface area (Å²) in [5, 5.41) is 0. The van der Waals surface area contributed by atoms with E-state index in [-0.39, 0.29) is 11.8 Å². The fourth-order valence-corrected chi connectivity index (χ4v) is 3.61. The van der Waals surface area contributed by atoms with Gasteiger partial charge in [0, 0.05) is 36.8 Å². The van der Waals surface area contributed by atoms with Crippen LogP contribution in [-0.4, -0.2) is 40.5 Å². The number of aromatic nitrogens is 2. The molecule has 0 spiro atoms. The molecule has 1 fully saturated rings. The van der Waals surface area contributed by atoms with E-state index in [1.807, 2.05) is 41.3 Å². The number of carbonyl (C=O) groups is 1. The molecule has 5 nitrogen and oxygen atoms in total. The maximum absolute atomic E-state index is 13.2. The fourth-order valence-electron chi connectivity index (χ4n) is 3.61. The number of hydrogen-bond donors (Lipinski definition) is 0. The molecule has 1 amide bonds. The zero-order chi connectivity index (χ0) is 20.1. The Labute approximate surface area is 169 Å². The number of likely N-dealkylation sites (tertiary alicyclic amines) is 1. The highest BCUT2D eigenvalue weighted by Gasteiger charge is 2.27. The standard InChI is InChI=1S/C23H22FN3O2/c24-19-10-11-21(26-14-19)29-16-17-6-5-13-27(15-17)23(28)20-9-4-12-25-22(20)18-7-2-1-3-8-18/h1-4,7-12,14,17H,5-6,13,15-16H2. The van der Waals surface area contributed by atoms with Crippen LogP contribution in [0, 0.1) is 11.7 Å². The largest absolute Gasteiger partial charge is 0.477 e. The SMILES string of the molecule is O=C(c1cccnc1-c1ccccc1)N1CCCC(COc2ccc(F)cn2)C1. The molecule has 2 aromatic heterocycles. The predicted octanol–water partition coefficient (Wildman–Crippen LogP) is 4.21. The van der Waals surface area contributed by atoms with Crippen molar-refractivity contribution >= 4 is 5.91 Å². The predicted molar refractivity (Wildman–Crippen MR) is 108 cm³/mol. The van der Waals surface area contributed by atoms with Crippen LogP contribution in [-0.2, 0) is 0 Å². The number of piperidine rings is 1. The lowest BCUT2D eigenvalue weighted by molar-refractivity contribution is 0.0631. The van der Waals surface area contributed by atoms with Crippen molar-refractivity contribution < 1.29 is 13.9 Å². The van der Waals surface area contributed by atoms with E-state index in [4.69, 9.17) is 4.74 Å². The van der Waals surface area contributed by atoms with Crippen LogP contribution in [0.1, 0.15) is 23.2 Å². The maximum atomic E-state index is 13.2. The van der Waals surface area contributed by atoms with Gasteiger partial charge in [-0.3, -0.25) is 9.78 Å². The van der Waals surface area contributed by atoms with Crippen molar-refractivity contribution in [1.29, 1.82) is 0 Å². The van der Waals surface area contributed by atoms with Gasteiger partial charge in [-0.05, 0) is 31.0 Å². The summed E-state index contributed by atoms with van der Waals surface area (Å²) in [6.45, 7) is 1.78. The number of amides is 1. The molecule has 1 aliphatic rings. The van der Waals surface area contributed by atoms with Gasteiger partial charge in [0.25, 0.3) is 5.91 Å². The van der Waals surface area contributed by atoms with Gasteiger partial charge in [-0.2, -0.15) is 0 Å². The number of hydrogen-bond acceptors (Lipinski definition) is 4. The molecule has 1 unspecified atom stereocenters. The number of rotatable bonds is 5. The summed E-state index contributed by atoms with van der Waals surface area (Å²) in [7, 11) is 0. The summed E-state index contributed by atoms with van der Waals surface area (Å²) in [4.78, 5) is 23.5. The van der Waals surface area contributed by atoms with Crippen molar-refractivity contribution in [2.75, 3.05) is 19.7 Å². The molecule has 1 saturated heterocycles. The van der Waals surface area contributed by atoms with Gasteiger partial charge in [0.15, 0.2) is 0 Å². The average Bonchev–Trinajstić information content (AvgIpc) is 2.79. The van der Waals surface area contributed by atoms with Gasteiger partial charge in [-0.25, -0.2) is 9.37 Å². The third-order valence-corrected chi connectivity index (χ3v) is 5.06. The molecule has 4 rings (SSSR count). The summed E-state index contributed by atoms with van der Waals surface area (Å²) in [6, 6.07) is 16.2. The van der Waals surface area contributed by atoms with E-state index in [2.05, 4.69) is 9.97 Å². The third kappa shape index (κ3) is 4.59. The minimum absolute atomic E-state index is 0.0124. The molecule has 29 heavy (non-hydrogen) atoms. The highest BCUT2D eigenvalue weighted by molar-refractivity contribution is 5.99. The van der Waals surface area contributed by atoms with Crippen LogP contribution in [0.3, 0.4) is 0 Å². The van der Waals surface area contributed by atoms with Gasteiger partial charge in [0.05, 0.1) is 24.1 Å². The maximum Gasteiger partial charge on any atom is 0.256 e. The second-order valence-electron chi connectivity index (χ2n) is 7.15. The quantitative estimate of drug-likeness (QED) is 0.654. The second kappa shape index (κ2) is 8.82. The number of carbonyl (C=O) groups excluding carboxylic acids is 1. The summed E-state index contributed by atoms with van der Waals surface area (Å²) < 4.78 is 18.7. The molecule has 3 aromatic rings. The van der Waals surface area contributed by atoms with Crippen molar-refractivity contribution in [1.82, 2.24) is 14.9 Å². The van der Waals surface area contributed by atoms with Gasteiger partial charge >= 0.3 is 0 Å². The van der Waals surface area contributed by atoms with Crippen molar-refractivity contribution in [3.8, 4) is 17.1 Å². The summed E-state index contributed by atoms with van der Waals surface area (Å²) in [6.07, 6.45) is 4.74. The molecule has 0 N–H and O–H groups in total. The Kier molecular flexibility index (Phi) is 5.79. The number of nitrogens with zero attached hydrogens (tertiary/aromatic N) is 3. The Hall–Kier alpha value is -3.28. The highest BCUT2D eigenvalue weighted by Crippen LogP contribution is 2.25. The smallest absolute Gasteiger partial charge is 0.256 e. The van der Waals surface area contributed by atoms with Crippen LogP contribution in [0.25, 0.3) is 11.3 Å². The minimum Gasteiger partial charge on any atom is -0.477 e. The van der Waals surface area contributed by atoms with E-state index in [0.717, 1.165) is 24.6 Å². The monoisotopic (exact) mass is 391 g/mol. The zero-order valence-electron chi connectivity index (χ0n) is 16.0. The molecule has 0 saturated carbocycles. The molecule has 3 heterocycles. The van der Waals surface area contributed by atoms with Crippen molar-refractivity contribution in [2.45, 2.75) is 12.8 Å². The number of benzene rings is 1. The summed E-state index contributed by atoms with van der Waals surface area (Å²) >= 11 is 0. The average molecular weight is 391 g/mol. The Morgan fingerprint density at radius 1 is 1.10 bits per heavy atom.